The van der Waals surface area contributed by atoms with E-state index < -0.39 is 0 Å². The highest BCUT2D eigenvalue weighted by molar-refractivity contribution is 4.90. The molecule has 0 amide bonds. The van der Waals surface area contributed by atoms with Crippen molar-refractivity contribution in [2.24, 2.45) is 23.7 Å². The third-order valence-corrected chi connectivity index (χ3v) is 7.05. The van der Waals surface area contributed by atoms with Crippen molar-refractivity contribution in [1.82, 2.24) is 9.80 Å². The van der Waals surface area contributed by atoms with Crippen LogP contribution in [0.2, 0.25) is 0 Å². The molecule has 2 saturated carbocycles. The normalized spacial score (nSPS) is 23.3. The summed E-state index contributed by atoms with van der Waals surface area (Å²) in [6.45, 7) is 13.3. The summed E-state index contributed by atoms with van der Waals surface area (Å²) in [5.74, 6) is 3.67. The summed E-state index contributed by atoms with van der Waals surface area (Å²) < 4.78 is 0. The van der Waals surface area contributed by atoms with Crippen molar-refractivity contribution < 1.29 is 0 Å². The van der Waals surface area contributed by atoms with E-state index in [1.807, 2.05) is 0 Å². The molecule has 0 bridgehead atoms. The van der Waals surface area contributed by atoms with Crippen molar-refractivity contribution >= 4 is 0 Å². The van der Waals surface area contributed by atoms with Gasteiger partial charge in [-0.1, -0.05) is 27.7 Å². The fourth-order valence-corrected chi connectivity index (χ4v) is 4.69. The minimum Gasteiger partial charge on any atom is -0.303 e. The van der Waals surface area contributed by atoms with E-state index in [1.165, 1.54) is 57.9 Å². The van der Waals surface area contributed by atoms with Crippen LogP contribution in [0, 0.1) is 23.7 Å². The lowest BCUT2D eigenvalue weighted by atomic mass is 9.91. The lowest BCUT2D eigenvalue weighted by Gasteiger charge is -2.35. The second-order valence-corrected chi connectivity index (χ2v) is 9.95. The second-order valence-electron chi connectivity index (χ2n) is 9.95. The summed E-state index contributed by atoms with van der Waals surface area (Å²) in [5, 5.41) is 0. The van der Waals surface area contributed by atoms with Gasteiger partial charge in [-0.2, -0.15) is 0 Å². The van der Waals surface area contributed by atoms with Crippen molar-refractivity contribution in [1.29, 1.82) is 0 Å². The van der Waals surface area contributed by atoms with E-state index in [9.17, 15) is 0 Å². The zero-order chi connectivity index (χ0) is 18.6. The van der Waals surface area contributed by atoms with E-state index >= 15 is 0 Å². The van der Waals surface area contributed by atoms with Gasteiger partial charge in [-0.25, -0.2) is 0 Å². The number of nitrogens with zero attached hydrogens (tertiary/aromatic N) is 2. The monoisotopic (exact) mass is 350 g/mol. The van der Waals surface area contributed by atoms with Crippen molar-refractivity contribution in [3.8, 4) is 0 Å². The van der Waals surface area contributed by atoms with Crippen LogP contribution in [0.15, 0.2) is 0 Å². The summed E-state index contributed by atoms with van der Waals surface area (Å²) >= 11 is 0. The fourth-order valence-electron chi connectivity index (χ4n) is 4.69. The van der Waals surface area contributed by atoms with E-state index in [0.29, 0.717) is 0 Å². The Morgan fingerprint density at radius 2 is 1.36 bits per heavy atom. The Labute approximate surface area is 158 Å². The molecule has 0 aromatic heterocycles. The maximum absolute atomic E-state index is 2.74. The highest BCUT2D eigenvalue weighted by Crippen LogP contribution is 2.40. The first-order valence-electron chi connectivity index (χ1n) is 11.3. The molecule has 0 aromatic carbocycles. The average Bonchev–Trinajstić information content (AvgIpc) is 3.46. The summed E-state index contributed by atoms with van der Waals surface area (Å²) in [4.78, 5) is 5.34. The van der Waals surface area contributed by atoms with Crippen molar-refractivity contribution in [2.45, 2.75) is 104 Å². The molecule has 2 aliphatic carbocycles. The second kappa shape index (κ2) is 9.74. The van der Waals surface area contributed by atoms with E-state index in [0.717, 1.165) is 41.8 Å². The minimum atomic E-state index is 0.732. The first-order chi connectivity index (χ1) is 11.8. The molecule has 0 N–H and O–H groups in total. The van der Waals surface area contributed by atoms with Crippen LogP contribution in [0.25, 0.3) is 0 Å². The van der Waals surface area contributed by atoms with Gasteiger partial charge in [0.1, 0.15) is 0 Å². The SMILES string of the molecule is CCN(C)C(CC(C)CCC(C)N(C)[C@@H](CC(C)C)C1CC1)C1CC1. The van der Waals surface area contributed by atoms with Crippen LogP contribution < -0.4 is 0 Å². The van der Waals surface area contributed by atoms with Crippen LogP contribution in [0.1, 0.15) is 86.0 Å². The molecule has 2 fully saturated rings. The van der Waals surface area contributed by atoms with Gasteiger partial charge >= 0.3 is 0 Å². The molecule has 3 unspecified atom stereocenters. The third-order valence-electron chi connectivity index (χ3n) is 7.05. The van der Waals surface area contributed by atoms with Crippen LogP contribution in [-0.2, 0) is 0 Å². The summed E-state index contributed by atoms with van der Waals surface area (Å²) in [6.07, 6.45) is 11.4. The van der Waals surface area contributed by atoms with Crippen LogP contribution in [0.3, 0.4) is 0 Å². The van der Waals surface area contributed by atoms with E-state index in [1.54, 1.807) is 0 Å². The van der Waals surface area contributed by atoms with Gasteiger partial charge in [0.2, 0.25) is 0 Å². The molecule has 0 radical (unpaired) electrons. The first kappa shape index (κ1) is 21.2. The smallest absolute Gasteiger partial charge is 0.0126 e. The van der Waals surface area contributed by atoms with Gasteiger partial charge in [-0.05, 0) is 103 Å². The lowest BCUT2D eigenvalue weighted by Crippen LogP contribution is -2.41. The molecule has 2 nitrogen and oxygen atoms in total. The van der Waals surface area contributed by atoms with E-state index in [4.69, 9.17) is 0 Å². The topological polar surface area (TPSA) is 6.48 Å². The first-order valence-corrected chi connectivity index (χ1v) is 11.3. The number of hydrogen-bond acceptors (Lipinski definition) is 2. The Balaban J connectivity index is 1.76. The lowest BCUT2D eigenvalue weighted by molar-refractivity contribution is 0.129. The van der Waals surface area contributed by atoms with Crippen LogP contribution >= 0.6 is 0 Å². The Morgan fingerprint density at radius 3 is 1.84 bits per heavy atom. The Morgan fingerprint density at radius 1 is 0.800 bits per heavy atom. The highest BCUT2D eigenvalue weighted by atomic mass is 15.2. The molecule has 0 saturated heterocycles. The van der Waals surface area contributed by atoms with Gasteiger partial charge in [0.25, 0.3) is 0 Å². The highest BCUT2D eigenvalue weighted by Gasteiger charge is 2.36. The van der Waals surface area contributed by atoms with Crippen LogP contribution in [-0.4, -0.2) is 48.6 Å². The molecule has 4 atom stereocenters. The third kappa shape index (κ3) is 6.86. The van der Waals surface area contributed by atoms with Crippen molar-refractivity contribution in [2.75, 3.05) is 20.6 Å². The molecular weight excluding hydrogens is 304 g/mol. The largest absolute Gasteiger partial charge is 0.303 e. The van der Waals surface area contributed by atoms with Gasteiger partial charge in [0.05, 0.1) is 0 Å². The minimum absolute atomic E-state index is 0.732. The maximum Gasteiger partial charge on any atom is 0.0126 e. The molecule has 2 heteroatoms. The molecule has 0 aromatic rings. The van der Waals surface area contributed by atoms with Gasteiger partial charge in [-0.3, -0.25) is 0 Å². The summed E-state index contributed by atoms with van der Waals surface area (Å²) in [7, 11) is 4.73. The molecule has 0 spiro atoms. The van der Waals surface area contributed by atoms with Gasteiger partial charge < -0.3 is 9.80 Å². The quantitative estimate of drug-likeness (QED) is 0.422. The molecule has 0 heterocycles. The molecular formula is C23H46N2. The van der Waals surface area contributed by atoms with Crippen molar-refractivity contribution in [3.63, 3.8) is 0 Å². The van der Waals surface area contributed by atoms with Gasteiger partial charge in [0, 0.05) is 18.1 Å². The zero-order valence-corrected chi connectivity index (χ0v) is 18.3. The summed E-state index contributed by atoms with van der Waals surface area (Å²) in [6, 6.07) is 2.40. The van der Waals surface area contributed by atoms with Gasteiger partial charge in [0.15, 0.2) is 0 Å². The molecule has 2 rings (SSSR count). The Bertz CT molecular complexity index is 372. The predicted molar refractivity (Wildman–Crippen MR) is 111 cm³/mol. The number of hydrogen-bond donors (Lipinski definition) is 0. The van der Waals surface area contributed by atoms with Crippen molar-refractivity contribution in [3.05, 3.63) is 0 Å². The summed E-state index contributed by atoms with van der Waals surface area (Å²) in [5.41, 5.74) is 0. The predicted octanol–water partition coefficient (Wildman–Crippen LogP) is 5.67. The molecule has 0 aliphatic heterocycles. The molecule has 25 heavy (non-hydrogen) atoms. The average molecular weight is 351 g/mol. The van der Waals surface area contributed by atoms with Gasteiger partial charge in [-0.15, -0.1) is 0 Å². The Kier molecular flexibility index (Phi) is 8.27. The Hall–Kier alpha value is -0.0800. The number of rotatable bonds is 13. The standard InChI is InChI=1S/C23H46N2/c1-8-24(6)22(20-11-12-20)16-18(4)9-10-19(5)25(7)23(15-17(2)3)21-13-14-21/h17-23H,8-16H2,1-7H3/t18?,19?,22?,23-/m0/s1. The fraction of sp³-hybridized carbons (Fsp3) is 1.00. The van der Waals surface area contributed by atoms with E-state index in [-0.39, 0.29) is 0 Å². The van der Waals surface area contributed by atoms with Crippen LogP contribution in [0.5, 0.6) is 0 Å². The van der Waals surface area contributed by atoms with E-state index in [2.05, 4.69) is 58.5 Å². The van der Waals surface area contributed by atoms with Crippen LogP contribution in [0.4, 0.5) is 0 Å². The molecule has 148 valence electrons. The maximum atomic E-state index is 2.74. The zero-order valence-electron chi connectivity index (χ0n) is 18.3. The molecule has 2 aliphatic rings.